The van der Waals surface area contributed by atoms with Crippen molar-refractivity contribution in [1.29, 1.82) is 0 Å². The van der Waals surface area contributed by atoms with Crippen molar-refractivity contribution in [3.8, 4) is 0 Å². The average Bonchev–Trinajstić information content (AvgIpc) is 1.46. The van der Waals surface area contributed by atoms with E-state index in [4.69, 9.17) is 0 Å². The van der Waals surface area contributed by atoms with Crippen molar-refractivity contribution in [2.45, 2.75) is 12.6 Å². The summed E-state index contributed by atoms with van der Waals surface area (Å²) in [6.45, 7) is 0. The molecule has 1 rings (SSSR count). The zero-order chi connectivity index (χ0) is 2.12. The van der Waals surface area contributed by atoms with E-state index in [2.05, 4.69) is 0 Å². The summed E-state index contributed by atoms with van der Waals surface area (Å²) < 4.78 is 0. The number of rotatable bonds is 0. The standard InChI is InChI=1S/C2H5B.Be/c1-2-3-1;/h3H,1-2H2;. The Morgan fingerprint density at radius 1 is 1.25 bits per heavy atom. The van der Waals surface area contributed by atoms with Gasteiger partial charge in [0.05, 0.1) is 0 Å². The van der Waals surface area contributed by atoms with E-state index in [1.807, 2.05) is 0 Å². The third kappa shape index (κ3) is 2.23. The maximum Gasteiger partial charge on any atom is 0.119 e. The van der Waals surface area contributed by atoms with Crippen LogP contribution in [-0.4, -0.2) is 17.4 Å². The Balaban J connectivity index is 0.0000000900. The fourth-order valence-electron chi connectivity index (χ4n) is 0. The molecule has 0 spiro atoms. The summed E-state index contributed by atoms with van der Waals surface area (Å²) in [7, 11) is 1.50. The van der Waals surface area contributed by atoms with Gasteiger partial charge in [0.25, 0.3) is 0 Å². The van der Waals surface area contributed by atoms with Gasteiger partial charge in [-0.3, -0.25) is 0 Å². The molecule has 0 aliphatic carbocycles. The van der Waals surface area contributed by atoms with Crippen LogP contribution in [0.15, 0.2) is 0 Å². The Morgan fingerprint density at radius 2 is 1.50 bits per heavy atom. The summed E-state index contributed by atoms with van der Waals surface area (Å²) >= 11 is 0. The number of hydrogen-bond donors (Lipinski definition) is 0. The minimum absolute atomic E-state index is 0. The van der Waals surface area contributed by atoms with Gasteiger partial charge in [-0.25, -0.2) is 0 Å². The molecule has 0 bridgehead atoms. The van der Waals surface area contributed by atoms with Crippen LogP contribution in [0, 0.1) is 0 Å². The summed E-state index contributed by atoms with van der Waals surface area (Å²) in [4.78, 5) is 0. The van der Waals surface area contributed by atoms with Crippen molar-refractivity contribution in [2.75, 3.05) is 0 Å². The maximum atomic E-state index is 1.50. The van der Waals surface area contributed by atoms with E-state index in [0.717, 1.165) is 0 Å². The fourth-order valence-corrected chi connectivity index (χ4v) is 0. The maximum absolute atomic E-state index is 1.50. The second-order valence-electron chi connectivity index (χ2n) is 1.06. The third-order valence-electron chi connectivity index (χ3n) is 0.354. The zero-order valence-corrected chi connectivity index (χ0v) is 2.83. The Kier molecular flexibility index (Phi) is 1.63. The SMILES string of the molecule is B1CC1.[Be]. The van der Waals surface area contributed by atoms with Crippen molar-refractivity contribution in [1.82, 2.24) is 0 Å². The van der Waals surface area contributed by atoms with Gasteiger partial charge in [-0.15, -0.1) is 0 Å². The molecule has 0 saturated carbocycles. The molecule has 4 heavy (non-hydrogen) atoms. The molecule has 0 amide bonds. The van der Waals surface area contributed by atoms with Crippen LogP contribution in [0.2, 0.25) is 12.6 Å². The Labute approximate surface area is 31.0 Å². The Bertz CT molecular complexity index is 10.8. The van der Waals surface area contributed by atoms with Crippen LogP contribution in [0.3, 0.4) is 0 Å². The first kappa shape index (κ1) is 4.23. The third-order valence-corrected chi connectivity index (χ3v) is 0.354. The van der Waals surface area contributed by atoms with Crippen LogP contribution in [0.4, 0.5) is 0 Å². The average molecular weight is 48.9 g/mol. The quantitative estimate of drug-likeness (QED) is 0.335. The van der Waals surface area contributed by atoms with Crippen LogP contribution < -0.4 is 0 Å². The summed E-state index contributed by atoms with van der Waals surface area (Å²) in [5.41, 5.74) is 0. The molecule has 1 aliphatic heterocycles. The van der Waals surface area contributed by atoms with E-state index >= 15 is 0 Å². The molecule has 0 nitrogen and oxygen atoms in total. The summed E-state index contributed by atoms with van der Waals surface area (Å²) in [5, 5.41) is 0. The minimum atomic E-state index is 0. The first-order chi connectivity index (χ1) is 1.50. The molecular weight excluding hydrogens is 43.8 g/mol. The second-order valence-corrected chi connectivity index (χ2v) is 1.06. The van der Waals surface area contributed by atoms with Crippen molar-refractivity contribution in [2.24, 2.45) is 0 Å². The molecule has 0 aromatic heterocycles. The van der Waals surface area contributed by atoms with Gasteiger partial charge in [0.15, 0.2) is 0 Å². The number of hydrogen-bond acceptors (Lipinski definition) is 0. The molecule has 2 radical (unpaired) electrons. The molecule has 0 N–H and O–H groups in total. The van der Waals surface area contributed by atoms with E-state index in [1.165, 1.54) is 19.9 Å². The molecule has 0 aromatic carbocycles. The van der Waals surface area contributed by atoms with Crippen molar-refractivity contribution >= 4 is 17.4 Å². The van der Waals surface area contributed by atoms with Gasteiger partial charge < -0.3 is 0 Å². The van der Waals surface area contributed by atoms with Crippen LogP contribution >= 0.6 is 0 Å². The fraction of sp³-hybridized carbons (Fsp3) is 1.00. The van der Waals surface area contributed by atoms with Gasteiger partial charge in [0, 0.05) is 10.1 Å². The van der Waals surface area contributed by atoms with Gasteiger partial charge in [-0.1, -0.05) is 12.6 Å². The molecule has 1 heterocycles. The Hall–Kier alpha value is 0.234. The molecule has 0 aromatic rings. The van der Waals surface area contributed by atoms with E-state index in [-0.39, 0.29) is 10.1 Å². The second kappa shape index (κ2) is 1.54. The van der Waals surface area contributed by atoms with Crippen LogP contribution in [0.25, 0.3) is 0 Å². The van der Waals surface area contributed by atoms with Crippen LogP contribution in [0.1, 0.15) is 0 Å². The predicted octanol–water partition coefficient (Wildman–Crippen LogP) is -0.108. The van der Waals surface area contributed by atoms with Crippen molar-refractivity contribution in [3.63, 3.8) is 0 Å². The van der Waals surface area contributed by atoms with Crippen molar-refractivity contribution < 1.29 is 0 Å². The first-order valence-corrected chi connectivity index (χ1v) is 1.50. The normalized spacial score (nSPS) is 16.0. The van der Waals surface area contributed by atoms with Gasteiger partial charge in [0.1, 0.15) is 7.28 Å². The first-order valence-electron chi connectivity index (χ1n) is 1.50. The molecule has 0 atom stereocenters. The summed E-state index contributed by atoms with van der Waals surface area (Å²) in [6.07, 6.45) is 3.00. The molecule has 2 heteroatoms. The minimum Gasteiger partial charge on any atom is -0.0842 e. The van der Waals surface area contributed by atoms with Gasteiger partial charge in [-0.2, -0.15) is 0 Å². The molecular formula is C2H5BBe. The molecule has 1 fully saturated rings. The van der Waals surface area contributed by atoms with Crippen molar-refractivity contribution in [3.05, 3.63) is 0 Å². The summed E-state index contributed by atoms with van der Waals surface area (Å²) in [5.74, 6) is 0. The monoisotopic (exact) mass is 49.1 g/mol. The predicted molar refractivity (Wildman–Crippen MR) is 22.5 cm³/mol. The largest absolute Gasteiger partial charge is 0.119 e. The zero-order valence-electron chi connectivity index (χ0n) is 2.83. The molecule has 1 aliphatic rings. The van der Waals surface area contributed by atoms with E-state index in [0.29, 0.717) is 0 Å². The van der Waals surface area contributed by atoms with Crippen LogP contribution in [0.5, 0.6) is 0 Å². The van der Waals surface area contributed by atoms with Gasteiger partial charge >= 0.3 is 0 Å². The van der Waals surface area contributed by atoms with Gasteiger partial charge in [-0.05, 0) is 0 Å². The van der Waals surface area contributed by atoms with Gasteiger partial charge in [0.2, 0.25) is 0 Å². The molecule has 0 unspecified atom stereocenters. The topological polar surface area (TPSA) is 0 Å². The smallest absolute Gasteiger partial charge is 0.0842 e. The van der Waals surface area contributed by atoms with E-state index < -0.39 is 0 Å². The van der Waals surface area contributed by atoms with E-state index in [9.17, 15) is 0 Å². The molecule has 1 saturated heterocycles. The molecule has 18 valence electrons. The summed E-state index contributed by atoms with van der Waals surface area (Å²) in [6, 6.07) is 0. The Morgan fingerprint density at radius 3 is 1.50 bits per heavy atom. The van der Waals surface area contributed by atoms with Crippen LogP contribution in [-0.2, 0) is 0 Å². The van der Waals surface area contributed by atoms with E-state index in [1.54, 1.807) is 0 Å².